The fourth-order valence-corrected chi connectivity index (χ4v) is 3.44. The summed E-state index contributed by atoms with van der Waals surface area (Å²) in [5.41, 5.74) is 1.41. The highest BCUT2D eigenvalue weighted by Gasteiger charge is 2.13. The van der Waals surface area contributed by atoms with Gasteiger partial charge in [0.25, 0.3) is 5.91 Å². The topological polar surface area (TPSA) is 67.4 Å². The molecular formula is C22H19FN2O3S. The molecule has 0 aliphatic heterocycles. The Morgan fingerprint density at radius 2 is 1.66 bits per heavy atom. The maximum atomic E-state index is 13.3. The first-order valence-electron chi connectivity index (χ1n) is 8.78. The molecule has 3 aromatic carbocycles. The number of amides is 2. The van der Waals surface area contributed by atoms with E-state index in [1.807, 2.05) is 0 Å². The Kier molecular flexibility index (Phi) is 6.86. The number of halogens is 1. The molecule has 29 heavy (non-hydrogen) atoms. The number of methoxy groups -OCH3 is 1. The number of carbonyl (C=O) groups excluding carboxylic acids is 2. The van der Waals surface area contributed by atoms with E-state index in [9.17, 15) is 14.0 Å². The second-order valence-corrected chi connectivity index (χ2v) is 7.05. The SMILES string of the molecule is COc1cccc(NC(=O)CSc2ccccc2C(=O)Nc2cccc(F)c2)c1. The largest absolute Gasteiger partial charge is 0.497 e. The standard InChI is InChI=1S/C22H19FN2O3S/c1-28-18-9-5-8-17(13-18)24-21(26)14-29-20-11-3-2-10-19(20)22(27)25-16-7-4-6-15(23)12-16/h2-13H,14H2,1H3,(H,24,26)(H,25,27). The molecule has 0 bridgehead atoms. The molecule has 0 aromatic heterocycles. The van der Waals surface area contributed by atoms with Crippen molar-refractivity contribution in [2.24, 2.45) is 0 Å². The molecule has 3 aromatic rings. The van der Waals surface area contributed by atoms with Gasteiger partial charge in [-0.05, 0) is 42.5 Å². The van der Waals surface area contributed by atoms with Crippen LogP contribution >= 0.6 is 11.8 Å². The second-order valence-electron chi connectivity index (χ2n) is 6.03. The van der Waals surface area contributed by atoms with Crippen molar-refractivity contribution in [1.82, 2.24) is 0 Å². The number of thioether (sulfide) groups is 1. The molecule has 0 aliphatic rings. The lowest BCUT2D eigenvalue weighted by molar-refractivity contribution is -0.113. The van der Waals surface area contributed by atoms with Crippen molar-refractivity contribution < 1.29 is 18.7 Å². The van der Waals surface area contributed by atoms with Crippen molar-refractivity contribution in [1.29, 1.82) is 0 Å². The van der Waals surface area contributed by atoms with Crippen molar-refractivity contribution >= 4 is 35.0 Å². The van der Waals surface area contributed by atoms with Crippen molar-refractivity contribution in [3.8, 4) is 5.75 Å². The molecule has 0 saturated heterocycles. The maximum Gasteiger partial charge on any atom is 0.256 e. The second kappa shape index (κ2) is 9.75. The Morgan fingerprint density at radius 1 is 0.931 bits per heavy atom. The molecule has 0 aliphatic carbocycles. The predicted molar refractivity (Wildman–Crippen MR) is 113 cm³/mol. The number of hydrogen-bond donors (Lipinski definition) is 2. The molecule has 3 rings (SSSR count). The first kappa shape index (κ1) is 20.4. The van der Waals surface area contributed by atoms with Gasteiger partial charge in [0.15, 0.2) is 0 Å². The zero-order valence-corrected chi connectivity index (χ0v) is 16.5. The quantitative estimate of drug-likeness (QED) is 0.548. The van der Waals surface area contributed by atoms with E-state index < -0.39 is 5.82 Å². The molecule has 0 unspecified atom stereocenters. The molecule has 0 atom stereocenters. The van der Waals surface area contributed by atoms with Gasteiger partial charge in [0.2, 0.25) is 5.91 Å². The smallest absolute Gasteiger partial charge is 0.256 e. The van der Waals surface area contributed by atoms with Crippen LogP contribution in [-0.2, 0) is 4.79 Å². The molecule has 148 valence electrons. The highest BCUT2D eigenvalue weighted by molar-refractivity contribution is 8.00. The first-order valence-corrected chi connectivity index (χ1v) is 9.76. The lowest BCUT2D eigenvalue weighted by atomic mass is 10.2. The number of hydrogen-bond acceptors (Lipinski definition) is 4. The summed E-state index contributed by atoms with van der Waals surface area (Å²) in [6.45, 7) is 0. The third-order valence-electron chi connectivity index (χ3n) is 3.93. The van der Waals surface area contributed by atoms with E-state index in [0.717, 1.165) is 0 Å². The Labute approximate surface area is 172 Å². The summed E-state index contributed by atoms with van der Waals surface area (Å²) in [7, 11) is 1.56. The minimum absolute atomic E-state index is 0.126. The highest BCUT2D eigenvalue weighted by atomic mass is 32.2. The van der Waals surface area contributed by atoms with Crippen LogP contribution in [0.4, 0.5) is 15.8 Å². The number of carbonyl (C=O) groups is 2. The van der Waals surface area contributed by atoms with Crippen LogP contribution in [0.5, 0.6) is 5.75 Å². The van der Waals surface area contributed by atoms with Gasteiger partial charge in [-0.3, -0.25) is 9.59 Å². The van der Waals surface area contributed by atoms with Crippen molar-refractivity contribution in [2.45, 2.75) is 4.90 Å². The Hall–Kier alpha value is -3.32. The van der Waals surface area contributed by atoms with Crippen LogP contribution in [0.25, 0.3) is 0 Å². The lowest BCUT2D eigenvalue weighted by Gasteiger charge is -2.11. The van der Waals surface area contributed by atoms with Gasteiger partial charge in [0.05, 0.1) is 18.4 Å². The number of ether oxygens (including phenoxy) is 1. The van der Waals surface area contributed by atoms with E-state index in [1.165, 1.54) is 30.0 Å². The Morgan fingerprint density at radius 3 is 2.41 bits per heavy atom. The Bertz CT molecular complexity index is 1030. The van der Waals surface area contributed by atoms with E-state index >= 15 is 0 Å². The fourth-order valence-electron chi connectivity index (χ4n) is 2.59. The van der Waals surface area contributed by atoms with E-state index in [2.05, 4.69) is 10.6 Å². The lowest BCUT2D eigenvalue weighted by Crippen LogP contribution is -2.16. The van der Waals surface area contributed by atoms with Crippen molar-refractivity contribution in [3.63, 3.8) is 0 Å². The molecule has 0 saturated carbocycles. The Balaban J connectivity index is 1.64. The van der Waals surface area contributed by atoms with Crippen LogP contribution < -0.4 is 15.4 Å². The zero-order chi connectivity index (χ0) is 20.6. The van der Waals surface area contributed by atoms with Gasteiger partial charge in [-0.25, -0.2) is 4.39 Å². The number of nitrogens with one attached hydrogen (secondary N) is 2. The summed E-state index contributed by atoms with van der Waals surface area (Å²) in [5.74, 6) is -0.230. The molecule has 0 heterocycles. The van der Waals surface area contributed by atoms with Gasteiger partial charge in [0.1, 0.15) is 11.6 Å². The molecule has 0 radical (unpaired) electrons. The van der Waals surface area contributed by atoms with Crippen molar-refractivity contribution in [2.75, 3.05) is 23.5 Å². The summed E-state index contributed by atoms with van der Waals surface area (Å²) in [6.07, 6.45) is 0. The predicted octanol–water partition coefficient (Wildman–Crippen LogP) is 4.82. The zero-order valence-electron chi connectivity index (χ0n) is 15.6. The third kappa shape index (κ3) is 5.83. The minimum atomic E-state index is -0.431. The van der Waals surface area contributed by atoms with Crippen LogP contribution in [0.1, 0.15) is 10.4 Å². The minimum Gasteiger partial charge on any atom is -0.497 e. The van der Waals surface area contributed by atoms with Crippen LogP contribution in [0.3, 0.4) is 0 Å². The normalized spacial score (nSPS) is 10.3. The van der Waals surface area contributed by atoms with Gasteiger partial charge >= 0.3 is 0 Å². The summed E-state index contributed by atoms with van der Waals surface area (Å²) in [6, 6.07) is 19.7. The molecule has 0 fully saturated rings. The van der Waals surface area contributed by atoms with Crippen molar-refractivity contribution in [3.05, 3.63) is 84.2 Å². The van der Waals surface area contributed by atoms with Gasteiger partial charge in [-0.15, -0.1) is 11.8 Å². The fraction of sp³-hybridized carbons (Fsp3) is 0.0909. The molecule has 0 spiro atoms. The van der Waals surface area contributed by atoms with Crippen LogP contribution in [0.15, 0.2) is 77.7 Å². The van der Waals surface area contributed by atoms with Gasteiger partial charge in [-0.1, -0.05) is 24.3 Å². The monoisotopic (exact) mass is 410 g/mol. The molecule has 7 heteroatoms. The number of anilines is 2. The van der Waals surface area contributed by atoms with E-state index in [4.69, 9.17) is 4.74 Å². The summed E-state index contributed by atoms with van der Waals surface area (Å²) in [5, 5.41) is 5.47. The van der Waals surface area contributed by atoms with E-state index in [-0.39, 0.29) is 17.6 Å². The van der Waals surface area contributed by atoms with Gasteiger partial charge in [-0.2, -0.15) is 0 Å². The number of benzene rings is 3. The molecule has 2 amide bonds. The molecular weight excluding hydrogens is 391 g/mol. The summed E-state index contributed by atoms with van der Waals surface area (Å²) < 4.78 is 18.5. The molecule has 2 N–H and O–H groups in total. The first-order chi connectivity index (χ1) is 14.0. The third-order valence-corrected chi connectivity index (χ3v) is 5.00. The molecule has 5 nitrogen and oxygen atoms in total. The van der Waals surface area contributed by atoms with Gasteiger partial charge < -0.3 is 15.4 Å². The average molecular weight is 410 g/mol. The summed E-state index contributed by atoms with van der Waals surface area (Å²) in [4.78, 5) is 25.5. The van der Waals surface area contributed by atoms with Crippen LogP contribution in [-0.4, -0.2) is 24.7 Å². The number of rotatable bonds is 7. The van der Waals surface area contributed by atoms with E-state index in [1.54, 1.807) is 61.7 Å². The van der Waals surface area contributed by atoms with Crippen LogP contribution in [0, 0.1) is 5.82 Å². The van der Waals surface area contributed by atoms with Crippen LogP contribution in [0.2, 0.25) is 0 Å². The van der Waals surface area contributed by atoms with Gasteiger partial charge in [0, 0.05) is 22.3 Å². The average Bonchev–Trinajstić information content (AvgIpc) is 2.72. The summed E-state index contributed by atoms with van der Waals surface area (Å²) >= 11 is 1.25. The van der Waals surface area contributed by atoms with E-state index in [0.29, 0.717) is 27.6 Å². The maximum absolute atomic E-state index is 13.3. The highest BCUT2D eigenvalue weighted by Crippen LogP contribution is 2.24.